The summed E-state index contributed by atoms with van der Waals surface area (Å²) in [5, 5.41) is 13.5. The first-order valence-electron chi connectivity index (χ1n) is 13.6. The Morgan fingerprint density at radius 1 is 1.14 bits per heavy atom. The molecule has 42 heavy (non-hydrogen) atoms. The molecule has 0 radical (unpaired) electrons. The zero-order chi connectivity index (χ0) is 30.0. The van der Waals surface area contributed by atoms with E-state index in [1.165, 1.54) is 22.2 Å². The molecule has 4 aromatic rings. The highest BCUT2D eigenvalue weighted by Crippen LogP contribution is 2.44. The van der Waals surface area contributed by atoms with Crippen molar-refractivity contribution in [2.75, 3.05) is 20.6 Å². The summed E-state index contributed by atoms with van der Waals surface area (Å²) >= 11 is 1.31. The number of nitrogens with zero attached hydrogens (tertiary/aromatic N) is 5. The molecule has 10 heteroatoms. The number of alkyl halides is 3. The van der Waals surface area contributed by atoms with E-state index < -0.39 is 17.8 Å². The zero-order valence-electron chi connectivity index (χ0n) is 23.5. The topological polar surface area (TPSA) is 65.2 Å². The fourth-order valence-corrected chi connectivity index (χ4v) is 6.49. The number of benzene rings is 2. The number of thiophene rings is 1. The molecule has 5 rings (SSSR count). The van der Waals surface area contributed by atoms with Crippen LogP contribution in [-0.4, -0.2) is 46.1 Å². The minimum Gasteiger partial charge on any atom is -0.333 e. The molecule has 0 aliphatic carbocycles. The monoisotopic (exact) mass is 589 g/mol. The van der Waals surface area contributed by atoms with Crippen LogP contribution < -0.4 is 0 Å². The van der Waals surface area contributed by atoms with Crippen molar-refractivity contribution in [3.63, 3.8) is 0 Å². The van der Waals surface area contributed by atoms with Gasteiger partial charge >= 0.3 is 6.18 Å². The number of nitriles is 1. The van der Waals surface area contributed by atoms with E-state index in [1.54, 1.807) is 48.2 Å². The van der Waals surface area contributed by atoms with Crippen molar-refractivity contribution in [3.05, 3.63) is 111 Å². The number of aryl methyl sites for hydroxylation is 1. The molecule has 216 valence electrons. The second-order valence-corrected chi connectivity index (χ2v) is 11.5. The van der Waals surface area contributed by atoms with Crippen molar-refractivity contribution in [3.8, 4) is 17.2 Å². The van der Waals surface area contributed by atoms with Crippen LogP contribution in [0.15, 0.2) is 79.0 Å². The van der Waals surface area contributed by atoms with Crippen LogP contribution in [0, 0.1) is 11.3 Å². The number of amides is 1. The van der Waals surface area contributed by atoms with Gasteiger partial charge in [-0.05, 0) is 49.3 Å². The Kier molecular flexibility index (Phi) is 8.34. The fraction of sp³-hybridized carbons (Fsp3) is 0.281. The number of likely N-dealkylation sites (N-methyl/N-ethyl adjacent to an activating group) is 1. The summed E-state index contributed by atoms with van der Waals surface area (Å²) in [6.45, 7) is 2.61. The fourth-order valence-electron chi connectivity index (χ4n) is 5.45. The highest BCUT2D eigenvalue weighted by molar-refractivity contribution is 7.12. The molecule has 2 aromatic heterocycles. The zero-order valence-corrected chi connectivity index (χ0v) is 24.3. The molecule has 2 aromatic carbocycles. The van der Waals surface area contributed by atoms with E-state index in [1.807, 2.05) is 55.4 Å². The van der Waals surface area contributed by atoms with Crippen molar-refractivity contribution in [2.24, 2.45) is 0 Å². The number of halogens is 3. The molecule has 1 unspecified atom stereocenters. The Hall–Kier alpha value is -4.20. The van der Waals surface area contributed by atoms with E-state index in [0.29, 0.717) is 29.1 Å². The van der Waals surface area contributed by atoms with E-state index in [4.69, 9.17) is 0 Å². The lowest BCUT2D eigenvalue weighted by Gasteiger charge is -2.33. The molecule has 0 bridgehead atoms. The quantitative estimate of drug-likeness (QED) is 0.221. The number of hydrogen-bond donors (Lipinski definition) is 0. The van der Waals surface area contributed by atoms with Gasteiger partial charge in [0.2, 0.25) is 5.91 Å². The molecule has 1 aliphatic heterocycles. The Balaban J connectivity index is 1.54. The Morgan fingerprint density at radius 3 is 2.52 bits per heavy atom. The predicted molar refractivity (Wildman–Crippen MR) is 157 cm³/mol. The Morgan fingerprint density at radius 2 is 1.86 bits per heavy atom. The number of rotatable bonds is 7. The van der Waals surface area contributed by atoms with E-state index in [-0.39, 0.29) is 24.1 Å². The predicted octanol–water partition coefficient (Wildman–Crippen LogP) is 6.86. The van der Waals surface area contributed by atoms with E-state index >= 15 is 0 Å². The summed E-state index contributed by atoms with van der Waals surface area (Å²) in [5.74, 6) is -0.627. The lowest BCUT2D eigenvalue weighted by atomic mass is 9.83. The first-order valence-corrected chi connectivity index (χ1v) is 14.4. The first-order chi connectivity index (χ1) is 20.1. The van der Waals surface area contributed by atoms with Gasteiger partial charge in [-0.2, -0.15) is 23.5 Å². The van der Waals surface area contributed by atoms with Crippen LogP contribution in [-0.2, 0) is 24.1 Å². The third kappa shape index (κ3) is 5.89. The van der Waals surface area contributed by atoms with Gasteiger partial charge in [0.15, 0.2) is 5.69 Å². The smallest absolute Gasteiger partial charge is 0.333 e. The standard InChI is InChI=1S/C32H30F3N5OS/c1-4-40-19-27(31(37-40)32(33,34)35)24-13-9-8-12-23(24)26-18-39(20-29-25(26)16-22(17-36)42-29)30(41)15-14-28(38(2)3)21-10-6-5-7-11-21/h5-16,19,26,28H,4,18,20H2,1-3H3/b15-14+/t26-,28?/m0/s1. The summed E-state index contributed by atoms with van der Waals surface area (Å²) in [7, 11) is 3.88. The highest BCUT2D eigenvalue weighted by Gasteiger charge is 2.39. The third-order valence-electron chi connectivity index (χ3n) is 7.48. The summed E-state index contributed by atoms with van der Waals surface area (Å²) in [4.78, 5) is 18.7. The highest BCUT2D eigenvalue weighted by atomic mass is 32.1. The van der Waals surface area contributed by atoms with Crippen molar-refractivity contribution >= 4 is 17.2 Å². The number of fused-ring (bicyclic) bond motifs is 1. The molecule has 0 saturated heterocycles. The van der Waals surface area contributed by atoms with Gasteiger partial charge in [0.05, 0.1) is 12.6 Å². The minimum atomic E-state index is -4.63. The molecule has 0 spiro atoms. The van der Waals surface area contributed by atoms with Gasteiger partial charge in [-0.25, -0.2) is 0 Å². The van der Waals surface area contributed by atoms with Gasteiger partial charge in [0.1, 0.15) is 10.9 Å². The van der Waals surface area contributed by atoms with Crippen LogP contribution in [0.2, 0.25) is 0 Å². The van der Waals surface area contributed by atoms with Crippen molar-refractivity contribution in [1.29, 1.82) is 5.26 Å². The van der Waals surface area contributed by atoms with E-state index in [0.717, 1.165) is 16.0 Å². The van der Waals surface area contributed by atoms with Gasteiger partial charge < -0.3 is 4.90 Å². The number of carbonyl (C=O) groups excluding carboxylic acids is 1. The second-order valence-electron chi connectivity index (χ2n) is 10.4. The van der Waals surface area contributed by atoms with Crippen LogP contribution in [0.1, 0.15) is 51.0 Å². The van der Waals surface area contributed by atoms with Crippen molar-refractivity contribution < 1.29 is 18.0 Å². The van der Waals surface area contributed by atoms with E-state index in [2.05, 4.69) is 11.2 Å². The molecular formula is C32H30F3N5OS. The van der Waals surface area contributed by atoms with Crippen LogP contribution in [0.5, 0.6) is 0 Å². The van der Waals surface area contributed by atoms with Crippen LogP contribution >= 0.6 is 11.3 Å². The molecule has 2 atom stereocenters. The van der Waals surface area contributed by atoms with Crippen LogP contribution in [0.4, 0.5) is 13.2 Å². The summed E-state index contributed by atoms with van der Waals surface area (Å²) in [5.41, 5.74) is 2.03. The average Bonchev–Trinajstić information content (AvgIpc) is 3.61. The molecule has 0 saturated carbocycles. The largest absolute Gasteiger partial charge is 0.435 e. The molecule has 0 N–H and O–H groups in total. The number of hydrogen-bond acceptors (Lipinski definition) is 5. The summed E-state index contributed by atoms with van der Waals surface area (Å²) in [6.07, 6.45) is 0.222. The van der Waals surface area contributed by atoms with Gasteiger partial charge in [-0.1, -0.05) is 60.7 Å². The molecule has 6 nitrogen and oxygen atoms in total. The maximum absolute atomic E-state index is 14.1. The third-order valence-corrected chi connectivity index (χ3v) is 8.52. The van der Waals surface area contributed by atoms with Gasteiger partial charge in [-0.3, -0.25) is 14.4 Å². The lowest BCUT2D eigenvalue weighted by molar-refractivity contribution is -0.141. The van der Waals surface area contributed by atoms with E-state index in [9.17, 15) is 23.2 Å². The molecule has 3 heterocycles. The van der Waals surface area contributed by atoms with Crippen LogP contribution in [0.25, 0.3) is 11.1 Å². The number of aromatic nitrogens is 2. The normalized spacial score (nSPS) is 16.0. The van der Waals surface area contributed by atoms with Crippen molar-refractivity contribution in [2.45, 2.75) is 38.1 Å². The molecule has 1 aliphatic rings. The SMILES string of the molecule is CCn1cc(-c2ccccc2[C@@H]2CN(C(=O)/C=C/C(c3ccccc3)N(C)C)Cc3sc(C#N)cc32)c(C(F)(F)F)n1. The molecule has 0 fully saturated rings. The number of carbonyl (C=O) groups is 1. The Labute approximate surface area is 246 Å². The van der Waals surface area contributed by atoms with Crippen LogP contribution in [0.3, 0.4) is 0 Å². The van der Waals surface area contributed by atoms with Gasteiger partial charge in [0.25, 0.3) is 0 Å². The summed E-state index contributed by atoms with van der Waals surface area (Å²) < 4.78 is 43.5. The summed E-state index contributed by atoms with van der Waals surface area (Å²) in [6, 6.07) is 20.7. The maximum Gasteiger partial charge on any atom is 0.435 e. The second kappa shape index (κ2) is 12.0. The average molecular weight is 590 g/mol. The lowest BCUT2D eigenvalue weighted by Crippen LogP contribution is -2.37. The first kappa shape index (κ1) is 29.3. The maximum atomic E-state index is 14.1. The Bertz CT molecular complexity index is 1650. The van der Waals surface area contributed by atoms with Gasteiger partial charge in [0, 0.05) is 41.7 Å². The molecule has 1 amide bonds. The van der Waals surface area contributed by atoms with Gasteiger partial charge in [-0.15, -0.1) is 11.3 Å². The minimum absolute atomic E-state index is 0.00253. The van der Waals surface area contributed by atoms with Crippen molar-refractivity contribution in [1.82, 2.24) is 19.6 Å². The molecular weight excluding hydrogens is 559 g/mol.